The Balaban J connectivity index is 1.13. The second-order valence-electron chi connectivity index (χ2n) is 14.2. The number of carboxylic acids is 1. The van der Waals surface area contributed by atoms with Gasteiger partial charge in [-0.2, -0.15) is 23.4 Å². The van der Waals surface area contributed by atoms with E-state index < -0.39 is 30.5 Å². The third-order valence-corrected chi connectivity index (χ3v) is 10.8. The number of rotatable bonds is 13. The van der Waals surface area contributed by atoms with E-state index in [2.05, 4.69) is 32.4 Å². The van der Waals surface area contributed by atoms with Gasteiger partial charge in [-0.25, -0.2) is 13.7 Å². The molecule has 7 aromatic rings. The number of nitrogens with zero attached hydrogens (tertiary/aromatic N) is 6. The Labute approximate surface area is 328 Å². The zero-order valence-electron chi connectivity index (χ0n) is 30.8. The van der Waals surface area contributed by atoms with E-state index >= 15 is 0 Å². The standard InChI is InChI=1S/C41H38ClF4N7O4/c1-50-14-16-51(17-15-50)18-19-56-35-9-8-29-36(38(35)42)30-21-26(43)6-7-28(30)31-22-52-39(37(29)31)32(11-13-47-52)49-33(40(54)55)20-25-4-2-3-5-34(25)57-23-27-10-12-48-53(27)24-41(44,45)46/h2-13,21-22,33,49H,14-20,23-24H2,1H3,(H,54,55). The van der Waals surface area contributed by atoms with Gasteiger partial charge in [0.2, 0.25) is 0 Å². The average molecular weight is 804 g/mol. The molecule has 0 spiro atoms. The highest BCUT2D eigenvalue weighted by atomic mass is 35.5. The van der Waals surface area contributed by atoms with Crippen LogP contribution in [0.25, 0.3) is 37.8 Å². The number of hydrogen-bond donors (Lipinski definition) is 2. The lowest BCUT2D eigenvalue weighted by molar-refractivity contribution is -0.143. The van der Waals surface area contributed by atoms with Crippen molar-refractivity contribution in [3.8, 4) is 11.5 Å². The number of carbonyl (C=O) groups is 1. The molecule has 3 aromatic heterocycles. The van der Waals surface area contributed by atoms with Gasteiger partial charge in [-0.1, -0.05) is 35.9 Å². The first-order valence-electron chi connectivity index (χ1n) is 18.4. The van der Waals surface area contributed by atoms with Crippen molar-refractivity contribution >= 4 is 61.1 Å². The Morgan fingerprint density at radius 1 is 0.912 bits per heavy atom. The fraction of sp³-hybridized carbons (Fsp3) is 0.293. The van der Waals surface area contributed by atoms with E-state index in [0.717, 1.165) is 53.6 Å². The maximum Gasteiger partial charge on any atom is 0.408 e. The lowest BCUT2D eigenvalue weighted by Crippen LogP contribution is -2.45. The van der Waals surface area contributed by atoms with Gasteiger partial charge in [0.1, 0.15) is 43.1 Å². The quantitative estimate of drug-likeness (QED) is 0.0898. The Hall–Kier alpha value is -5.64. The second-order valence-corrected chi connectivity index (χ2v) is 14.5. The van der Waals surface area contributed by atoms with Crippen LogP contribution in [0.5, 0.6) is 11.5 Å². The number of nitrogens with one attached hydrogen (secondary N) is 1. The van der Waals surface area contributed by atoms with E-state index in [-0.39, 0.29) is 18.7 Å². The summed E-state index contributed by atoms with van der Waals surface area (Å²) in [6, 6.07) is 17.0. The minimum Gasteiger partial charge on any atom is -0.491 e. The number of aromatic nitrogens is 4. The minimum atomic E-state index is -4.46. The molecule has 8 rings (SSSR count). The van der Waals surface area contributed by atoms with Crippen LogP contribution < -0.4 is 14.8 Å². The molecule has 1 fully saturated rings. The summed E-state index contributed by atoms with van der Waals surface area (Å²) in [5.74, 6) is -0.782. The molecule has 0 saturated carbocycles. The normalized spacial score (nSPS) is 14.8. The zero-order chi connectivity index (χ0) is 39.8. The first-order valence-corrected chi connectivity index (χ1v) is 18.8. The fourth-order valence-corrected chi connectivity index (χ4v) is 7.84. The number of likely N-dealkylation sites (N-methyl/N-ethyl adjacent to an activating group) is 1. The Morgan fingerprint density at radius 3 is 2.47 bits per heavy atom. The van der Waals surface area contributed by atoms with Gasteiger partial charge in [-0.05, 0) is 71.2 Å². The van der Waals surface area contributed by atoms with Crippen LogP contribution in [0.2, 0.25) is 5.02 Å². The predicted octanol–water partition coefficient (Wildman–Crippen LogP) is 7.66. The first-order chi connectivity index (χ1) is 27.4. The molecule has 1 atom stereocenters. The van der Waals surface area contributed by atoms with E-state index in [0.29, 0.717) is 56.1 Å². The number of alkyl halides is 3. The molecule has 4 heterocycles. The van der Waals surface area contributed by atoms with Crippen molar-refractivity contribution in [2.75, 3.05) is 51.7 Å². The van der Waals surface area contributed by atoms with Gasteiger partial charge in [0.25, 0.3) is 0 Å². The summed E-state index contributed by atoms with van der Waals surface area (Å²) in [5.41, 5.74) is 1.78. The minimum absolute atomic E-state index is 0.0376. The van der Waals surface area contributed by atoms with Crippen LogP contribution in [0, 0.1) is 5.82 Å². The number of carboxylic acid groups (broad SMARTS) is 1. The summed E-state index contributed by atoms with van der Waals surface area (Å²) in [4.78, 5) is 17.5. The molecule has 0 aliphatic carbocycles. The second kappa shape index (κ2) is 15.7. The average Bonchev–Trinajstić information content (AvgIpc) is 3.79. The van der Waals surface area contributed by atoms with Crippen molar-refractivity contribution in [1.29, 1.82) is 0 Å². The molecule has 1 aliphatic heterocycles. The third-order valence-electron chi connectivity index (χ3n) is 10.4. The van der Waals surface area contributed by atoms with Crippen molar-refractivity contribution in [2.45, 2.75) is 31.8 Å². The molecule has 0 amide bonds. The molecule has 0 bridgehead atoms. The molecule has 11 nitrogen and oxygen atoms in total. The van der Waals surface area contributed by atoms with Crippen LogP contribution in [0.1, 0.15) is 11.3 Å². The Bertz CT molecular complexity index is 2600. The summed E-state index contributed by atoms with van der Waals surface area (Å²) >= 11 is 7.15. The molecule has 4 aromatic carbocycles. The van der Waals surface area contributed by atoms with Crippen LogP contribution >= 0.6 is 11.6 Å². The Morgan fingerprint density at radius 2 is 1.68 bits per heavy atom. The molecule has 1 saturated heterocycles. The monoisotopic (exact) mass is 803 g/mol. The van der Waals surface area contributed by atoms with Gasteiger partial charge < -0.3 is 24.8 Å². The van der Waals surface area contributed by atoms with Gasteiger partial charge in [-0.15, -0.1) is 0 Å². The van der Waals surface area contributed by atoms with Crippen molar-refractivity contribution in [3.05, 3.63) is 107 Å². The number of ether oxygens (including phenoxy) is 2. The lowest BCUT2D eigenvalue weighted by Gasteiger charge is -2.32. The first kappa shape index (κ1) is 38.2. The van der Waals surface area contributed by atoms with Gasteiger partial charge in [0, 0.05) is 73.9 Å². The number of piperazine rings is 1. The molecular formula is C41H38ClF4N7O4. The van der Waals surface area contributed by atoms with Crippen molar-refractivity contribution in [3.63, 3.8) is 0 Å². The number of hydrogen-bond acceptors (Lipinski definition) is 8. The molecule has 57 heavy (non-hydrogen) atoms. The van der Waals surface area contributed by atoms with E-state index in [1.807, 2.05) is 12.3 Å². The van der Waals surface area contributed by atoms with E-state index in [1.54, 1.807) is 53.2 Å². The van der Waals surface area contributed by atoms with Crippen LogP contribution in [0.4, 0.5) is 23.2 Å². The van der Waals surface area contributed by atoms with E-state index in [1.165, 1.54) is 24.4 Å². The number of anilines is 1. The van der Waals surface area contributed by atoms with Crippen LogP contribution in [0.15, 0.2) is 85.3 Å². The highest BCUT2D eigenvalue weighted by Gasteiger charge is 2.30. The van der Waals surface area contributed by atoms with Gasteiger partial charge in [0.05, 0.1) is 21.9 Å². The van der Waals surface area contributed by atoms with E-state index in [4.69, 9.17) is 21.1 Å². The molecule has 1 aliphatic rings. The van der Waals surface area contributed by atoms with E-state index in [9.17, 15) is 27.5 Å². The van der Waals surface area contributed by atoms with Crippen LogP contribution in [0.3, 0.4) is 0 Å². The van der Waals surface area contributed by atoms with Crippen LogP contribution in [-0.2, 0) is 24.4 Å². The molecular weight excluding hydrogens is 766 g/mol. The number of fused-ring (bicyclic) bond motifs is 8. The maximum atomic E-state index is 14.9. The Kier molecular flexibility index (Phi) is 10.5. The summed E-state index contributed by atoms with van der Waals surface area (Å²) in [5, 5.41) is 26.5. The fourth-order valence-electron chi connectivity index (χ4n) is 7.52. The number of halogens is 5. The molecule has 296 valence electrons. The highest BCUT2D eigenvalue weighted by Crippen LogP contribution is 2.45. The number of para-hydroxylation sites is 1. The SMILES string of the molecule is CN1CCN(CCOc2ccc3c(c2Cl)c2cc(F)ccc2c2cn4nccc(NC(Cc5ccccc5OCc5ccnn5CC(F)(F)F)C(=O)O)c4c23)CC1. The van der Waals surface area contributed by atoms with Crippen molar-refractivity contribution < 1.29 is 36.9 Å². The van der Waals surface area contributed by atoms with Gasteiger partial charge in [0.15, 0.2) is 0 Å². The summed E-state index contributed by atoms with van der Waals surface area (Å²) in [6.45, 7) is 3.55. The topological polar surface area (TPSA) is 109 Å². The summed E-state index contributed by atoms with van der Waals surface area (Å²) in [6.07, 6.45) is 0.144. The molecule has 1 unspecified atom stereocenters. The van der Waals surface area contributed by atoms with Crippen LogP contribution in [-0.4, -0.2) is 98.9 Å². The number of benzene rings is 4. The largest absolute Gasteiger partial charge is 0.491 e. The molecule has 0 radical (unpaired) electrons. The summed E-state index contributed by atoms with van der Waals surface area (Å²) in [7, 11) is 2.11. The third kappa shape index (κ3) is 8.00. The molecule has 16 heteroatoms. The van der Waals surface area contributed by atoms with Crippen molar-refractivity contribution in [1.82, 2.24) is 29.2 Å². The highest BCUT2D eigenvalue weighted by molar-refractivity contribution is 6.43. The predicted molar refractivity (Wildman–Crippen MR) is 210 cm³/mol. The lowest BCUT2D eigenvalue weighted by atomic mass is 9.95. The molecule has 2 N–H and O–H groups in total. The van der Waals surface area contributed by atoms with Crippen molar-refractivity contribution in [2.24, 2.45) is 0 Å². The maximum absolute atomic E-state index is 14.9. The van der Waals surface area contributed by atoms with Gasteiger partial charge >= 0.3 is 12.1 Å². The zero-order valence-corrected chi connectivity index (χ0v) is 31.5. The summed E-state index contributed by atoms with van der Waals surface area (Å²) < 4.78 is 68.8. The van der Waals surface area contributed by atoms with Gasteiger partial charge in [-0.3, -0.25) is 9.58 Å². The number of aliphatic carboxylic acids is 1. The smallest absolute Gasteiger partial charge is 0.408 e.